The molecular formula is C15H10F2N2O. The Balaban J connectivity index is 2.11. The molecule has 0 atom stereocenters. The third kappa shape index (κ3) is 1.97. The normalized spacial score (nSPS) is 10.9. The Morgan fingerprint density at radius 1 is 1.20 bits per heavy atom. The van der Waals surface area contributed by atoms with Crippen molar-refractivity contribution in [1.29, 1.82) is 0 Å². The molecule has 2 heterocycles. The molecule has 0 unspecified atom stereocenters. The number of aldehydes is 1. The van der Waals surface area contributed by atoms with Crippen LogP contribution in [0.15, 0.2) is 42.7 Å². The van der Waals surface area contributed by atoms with Gasteiger partial charge in [0, 0.05) is 28.9 Å². The second-order valence-electron chi connectivity index (χ2n) is 4.42. The first-order chi connectivity index (χ1) is 9.70. The van der Waals surface area contributed by atoms with E-state index < -0.39 is 11.6 Å². The van der Waals surface area contributed by atoms with E-state index in [1.165, 1.54) is 12.1 Å². The van der Waals surface area contributed by atoms with Crippen LogP contribution >= 0.6 is 0 Å². The van der Waals surface area contributed by atoms with Crippen molar-refractivity contribution in [3.8, 4) is 0 Å². The van der Waals surface area contributed by atoms with E-state index in [9.17, 15) is 13.6 Å². The van der Waals surface area contributed by atoms with Crippen molar-refractivity contribution in [1.82, 2.24) is 9.55 Å². The summed E-state index contributed by atoms with van der Waals surface area (Å²) < 4.78 is 28.5. The zero-order valence-electron chi connectivity index (χ0n) is 10.4. The number of carbonyl (C=O) groups excluding carboxylic acids is 1. The number of pyridine rings is 1. The molecule has 2 aromatic heterocycles. The quantitative estimate of drug-likeness (QED) is 0.686. The molecule has 3 nitrogen and oxygen atoms in total. The maximum atomic E-state index is 13.7. The summed E-state index contributed by atoms with van der Waals surface area (Å²) in [6.45, 7) is 0.116. The summed E-state index contributed by atoms with van der Waals surface area (Å²) in [7, 11) is 0. The number of aromatic nitrogens is 2. The van der Waals surface area contributed by atoms with E-state index in [0.29, 0.717) is 16.6 Å². The van der Waals surface area contributed by atoms with Crippen LogP contribution in [0.5, 0.6) is 0 Å². The molecule has 20 heavy (non-hydrogen) atoms. The highest BCUT2D eigenvalue weighted by Gasteiger charge is 2.12. The van der Waals surface area contributed by atoms with Crippen LogP contribution in [-0.2, 0) is 6.54 Å². The third-order valence-corrected chi connectivity index (χ3v) is 3.16. The maximum Gasteiger partial charge on any atom is 0.163 e. The first kappa shape index (κ1) is 12.5. The molecule has 1 aromatic carbocycles. The van der Waals surface area contributed by atoms with E-state index in [-0.39, 0.29) is 12.1 Å². The lowest BCUT2D eigenvalue weighted by molar-refractivity contribution is 0.112. The SMILES string of the molecule is O=Cc1cn(Cc2cccc(F)c2F)c2ncccc12. The summed E-state index contributed by atoms with van der Waals surface area (Å²) in [5.41, 5.74) is 1.26. The number of fused-ring (bicyclic) bond motifs is 1. The Labute approximate surface area is 113 Å². The number of hydrogen-bond acceptors (Lipinski definition) is 2. The Morgan fingerprint density at radius 3 is 2.85 bits per heavy atom. The summed E-state index contributed by atoms with van der Waals surface area (Å²) >= 11 is 0. The molecule has 0 radical (unpaired) electrons. The molecule has 0 amide bonds. The molecule has 3 aromatic rings. The molecule has 0 aliphatic carbocycles. The van der Waals surface area contributed by atoms with Crippen molar-refractivity contribution < 1.29 is 13.6 Å². The van der Waals surface area contributed by atoms with Crippen LogP contribution in [-0.4, -0.2) is 15.8 Å². The van der Waals surface area contributed by atoms with E-state index in [1.54, 1.807) is 29.1 Å². The van der Waals surface area contributed by atoms with E-state index in [4.69, 9.17) is 0 Å². The van der Waals surface area contributed by atoms with Gasteiger partial charge in [-0.3, -0.25) is 4.79 Å². The molecule has 100 valence electrons. The zero-order valence-corrected chi connectivity index (χ0v) is 10.4. The highest BCUT2D eigenvalue weighted by atomic mass is 19.2. The van der Waals surface area contributed by atoms with Crippen LogP contribution in [0.4, 0.5) is 8.78 Å². The van der Waals surface area contributed by atoms with Gasteiger partial charge >= 0.3 is 0 Å². The van der Waals surface area contributed by atoms with Gasteiger partial charge in [0.1, 0.15) is 5.65 Å². The molecule has 0 fully saturated rings. The summed E-state index contributed by atoms with van der Waals surface area (Å²) in [4.78, 5) is 15.2. The minimum Gasteiger partial charge on any atom is -0.327 e. The molecule has 0 saturated heterocycles. The zero-order chi connectivity index (χ0) is 14.1. The fraction of sp³-hybridized carbons (Fsp3) is 0.0667. The predicted molar refractivity (Wildman–Crippen MR) is 70.6 cm³/mol. The van der Waals surface area contributed by atoms with Crippen LogP contribution in [0, 0.1) is 11.6 Å². The number of benzene rings is 1. The van der Waals surface area contributed by atoms with Gasteiger partial charge in [0.05, 0.1) is 6.54 Å². The van der Waals surface area contributed by atoms with Crippen LogP contribution in [0.1, 0.15) is 15.9 Å². The monoisotopic (exact) mass is 272 g/mol. The lowest BCUT2D eigenvalue weighted by Gasteiger charge is -2.06. The molecule has 3 rings (SSSR count). The molecule has 0 bridgehead atoms. The van der Waals surface area contributed by atoms with Crippen molar-refractivity contribution >= 4 is 17.3 Å². The van der Waals surface area contributed by atoms with Crippen LogP contribution in [0.25, 0.3) is 11.0 Å². The number of halogens is 2. The van der Waals surface area contributed by atoms with E-state index >= 15 is 0 Å². The largest absolute Gasteiger partial charge is 0.327 e. The summed E-state index contributed by atoms with van der Waals surface area (Å²) in [5.74, 6) is -1.76. The van der Waals surface area contributed by atoms with Gasteiger partial charge in [-0.15, -0.1) is 0 Å². The van der Waals surface area contributed by atoms with Gasteiger partial charge in [0.15, 0.2) is 17.9 Å². The molecule has 0 N–H and O–H groups in total. The average molecular weight is 272 g/mol. The van der Waals surface area contributed by atoms with Crippen LogP contribution < -0.4 is 0 Å². The topological polar surface area (TPSA) is 34.9 Å². The second kappa shape index (κ2) is 4.85. The van der Waals surface area contributed by atoms with Crippen molar-refractivity contribution in [2.45, 2.75) is 6.54 Å². The average Bonchev–Trinajstić information content (AvgIpc) is 2.82. The Morgan fingerprint density at radius 2 is 2.05 bits per heavy atom. The van der Waals surface area contributed by atoms with Gasteiger partial charge in [-0.05, 0) is 18.2 Å². The second-order valence-corrected chi connectivity index (χ2v) is 4.42. The highest BCUT2D eigenvalue weighted by Crippen LogP contribution is 2.20. The van der Waals surface area contributed by atoms with Crippen molar-refractivity contribution in [2.24, 2.45) is 0 Å². The number of rotatable bonds is 3. The number of hydrogen-bond donors (Lipinski definition) is 0. The third-order valence-electron chi connectivity index (χ3n) is 3.16. The predicted octanol–water partition coefficient (Wildman–Crippen LogP) is 3.18. The van der Waals surface area contributed by atoms with Crippen LogP contribution in [0.3, 0.4) is 0 Å². The van der Waals surface area contributed by atoms with Crippen molar-refractivity contribution in [3.63, 3.8) is 0 Å². The first-order valence-corrected chi connectivity index (χ1v) is 6.02. The molecule has 0 spiro atoms. The van der Waals surface area contributed by atoms with Crippen molar-refractivity contribution in [3.05, 3.63) is 65.5 Å². The van der Waals surface area contributed by atoms with Gasteiger partial charge in [0.25, 0.3) is 0 Å². The van der Waals surface area contributed by atoms with Gasteiger partial charge < -0.3 is 4.57 Å². The summed E-state index contributed by atoms with van der Waals surface area (Å²) in [5, 5.41) is 0.694. The maximum absolute atomic E-state index is 13.7. The number of nitrogens with zero attached hydrogens (tertiary/aromatic N) is 2. The molecule has 0 aliphatic heterocycles. The van der Waals surface area contributed by atoms with Crippen LogP contribution in [0.2, 0.25) is 0 Å². The fourth-order valence-electron chi connectivity index (χ4n) is 2.22. The summed E-state index contributed by atoms with van der Waals surface area (Å²) in [6.07, 6.45) is 3.91. The molecule has 0 aliphatic rings. The van der Waals surface area contributed by atoms with Crippen molar-refractivity contribution in [2.75, 3.05) is 0 Å². The van der Waals surface area contributed by atoms with Gasteiger partial charge in [-0.2, -0.15) is 0 Å². The molecular weight excluding hydrogens is 262 g/mol. The lowest BCUT2D eigenvalue weighted by atomic mass is 10.2. The minimum absolute atomic E-state index is 0.116. The van der Waals surface area contributed by atoms with E-state index in [2.05, 4.69) is 4.98 Å². The fourth-order valence-corrected chi connectivity index (χ4v) is 2.22. The Kier molecular flexibility index (Phi) is 3.02. The summed E-state index contributed by atoms with van der Waals surface area (Å²) in [6, 6.07) is 7.52. The smallest absolute Gasteiger partial charge is 0.163 e. The van der Waals surface area contributed by atoms with E-state index in [0.717, 1.165) is 12.4 Å². The Bertz CT molecular complexity index is 796. The Hall–Kier alpha value is -2.56. The van der Waals surface area contributed by atoms with Gasteiger partial charge in [-0.25, -0.2) is 13.8 Å². The van der Waals surface area contributed by atoms with E-state index in [1.807, 2.05) is 0 Å². The number of carbonyl (C=O) groups is 1. The minimum atomic E-state index is -0.887. The first-order valence-electron chi connectivity index (χ1n) is 6.02. The lowest BCUT2D eigenvalue weighted by Crippen LogP contribution is -2.02. The van der Waals surface area contributed by atoms with Gasteiger partial charge in [0.2, 0.25) is 0 Å². The molecule has 0 saturated carbocycles. The highest BCUT2D eigenvalue weighted by molar-refractivity contribution is 5.95. The molecule has 5 heteroatoms. The standard InChI is InChI=1S/C15H10F2N2O/c16-13-5-1-3-10(14(13)17)7-19-8-11(9-20)12-4-2-6-18-15(12)19/h1-6,8-9H,7H2. The van der Waals surface area contributed by atoms with Gasteiger partial charge in [-0.1, -0.05) is 12.1 Å².